The van der Waals surface area contributed by atoms with Gasteiger partial charge in [-0.25, -0.2) is 0 Å². The second-order valence-electron chi connectivity index (χ2n) is 3.71. The number of likely N-dealkylation sites (N-methyl/N-ethyl adjacent to an activating group) is 1. The van der Waals surface area contributed by atoms with Crippen molar-refractivity contribution in [1.29, 1.82) is 0 Å². The molecule has 5 heteroatoms. The Bertz CT molecular complexity index is 331. The van der Waals surface area contributed by atoms with Gasteiger partial charge in [0.25, 0.3) is 0 Å². The quantitative estimate of drug-likeness (QED) is 0.887. The topological polar surface area (TPSA) is 23.5 Å². The lowest BCUT2D eigenvalue weighted by Gasteiger charge is -2.34. The molecule has 1 N–H and O–H groups in total. The van der Waals surface area contributed by atoms with Crippen LogP contribution in [0.25, 0.3) is 0 Å². The molecule has 0 saturated carbocycles. The Balaban J connectivity index is 2.09. The SMILES string of the molecule is CN1CCSCC1C(O)c1ccc(Cl)s1. The van der Waals surface area contributed by atoms with Gasteiger partial charge >= 0.3 is 0 Å². The smallest absolute Gasteiger partial charge is 0.104 e. The van der Waals surface area contributed by atoms with Crippen LogP contribution < -0.4 is 0 Å². The summed E-state index contributed by atoms with van der Waals surface area (Å²) in [6, 6.07) is 3.99. The summed E-state index contributed by atoms with van der Waals surface area (Å²) in [5, 5.41) is 10.2. The summed E-state index contributed by atoms with van der Waals surface area (Å²) in [4.78, 5) is 3.20. The zero-order valence-corrected chi connectivity index (χ0v) is 10.9. The average Bonchev–Trinajstić information content (AvgIpc) is 2.65. The molecule has 0 aliphatic carbocycles. The monoisotopic (exact) mass is 263 g/mol. The Morgan fingerprint density at radius 1 is 1.60 bits per heavy atom. The van der Waals surface area contributed by atoms with Gasteiger partial charge in [-0.15, -0.1) is 11.3 Å². The standard InChI is InChI=1S/C10H14ClNOS2/c1-12-4-5-14-6-7(12)10(13)8-2-3-9(11)15-8/h2-3,7,10,13H,4-6H2,1H3. The number of halogens is 1. The molecule has 0 aromatic carbocycles. The van der Waals surface area contributed by atoms with Gasteiger partial charge in [0, 0.05) is 29.0 Å². The molecule has 1 aliphatic rings. The number of hydrogen-bond donors (Lipinski definition) is 1. The highest BCUT2D eigenvalue weighted by molar-refractivity contribution is 7.99. The van der Waals surface area contributed by atoms with Crippen LogP contribution in [0.4, 0.5) is 0 Å². The van der Waals surface area contributed by atoms with Crippen molar-refractivity contribution in [2.75, 3.05) is 25.1 Å². The van der Waals surface area contributed by atoms with Crippen LogP contribution in [0.3, 0.4) is 0 Å². The number of hydrogen-bond acceptors (Lipinski definition) is 4. The van der Waals surface area contributed by atoms with Crippen molar-refractivity contribution in [2.45, 2.75) is 12.1 Å². The van der Waals surface area contributed by atoms with Crippen molar-refractivity contribution in [2.24, 2.45) is 0 Å². The van der Waals surface area contributed by atoms with Crippen LogP contribution in [-0.4, -0.2) is 41.1 Å². The molecule has 2 unspecified atom stereocenters. The van der Waals surface area contributed by atoms with Crippen LogP contribution in [0.15, 0.2) is 12.1 Å². The Kier molecular flexibility index (Phi) is 3.96. The van der Waals surface area contributed by atoms with Gasteiger partial charge in [0.15, 0.2) is 0 Å². The van der Waals surface area contributed by atoms with Gasteiger partial charge in [-0.05, 0) is 19.2 Å². The second-order valence-corrected chi connectivity index (χ2v) is 6.61. The first-order chi connectivity index (χ1) is 7.18. The molecule has 1 fully saturated rings. The first-order valence-corrected chi connectivity index (χ1v) is 7.24. The van der Waals surface area contributed by atoms with E-state index < -0.39 is 6.10 Å². The van der Waals surface area contributed by atoms with E-state index in [2.05, 4.69) is 11.9 Å². The van der Waals surface area contributed by atoms with Gasteiger partial charge in [0.1, 0.15) is 6.10 Å². The van der Waals surface area contributed by atoms with Crippen molar-refractivity contribution >= 4 is 34.7 Å². The van der Waals surface area contributed by atoms with Gasteiger partial charge in [-0.1, -0.05) is 11.6 Å². The third-order valence-corrected chi connectivity index (χ3v) is 5.04. The third-order valence-electron chi connectivity index (χ3n) is 2.69. The van der Waals surface area contributed by atoms with E-state index >= 15 is 0 Å². The largest absolute Gasteiger partial charge is 0.386 e. The summed E-state index contributed by atoms with van der Waals surface area (Å²) in [5.74, 6) is 2.15. The number of thiophene rings is 1. The zero-order valence-electron chi connectivity index (χ0n) is 8.52. The van der Waals surface area contributed by atoms with Crippen LogP contribution in [0.2, 0.25) is 4.34 Å². The number of aliphatic hydroxyl groups excluding tert-OH is 1. The second kappa shape index (κ2) is 5.06. The maximum Gasteiger partial charge on any atom is 0.104 e. The summed E-state index contributed by atoms with van der Waals surface area (Å²) in [6.45, 7) is 1.05. The average molecular weight is 264 g/mol. The lowest BCUT2D eigenvalue weighted by Crippen LogP contribution is -2.43. The lowest BCUT2D eigenvalue weighted by atomic mass is 10.1. The number of rotatable bonds is 2. The van der Waals surface area contributed by atoms with Gasteiger partial charge in [0.05, 0.1) is 4.34 Å². The van der Waals surface area contributed by atoms with Crippen LogP contribution in [-0.2, 0) is 0 Å². The van der Waals surface area contributed by atoms with E-state index in [0.717, 1.165) is 27.3 Å². The van der Waals surface area contributed by atoms with Crippen molar-refractivity contribution < 1.29 is 5.11 Å². The van der Waals surface area contributed by atoms with E-state index in [0.29, 0.717) is 0 Å². The molecule has 2 nitrogen and oxygen atoms in total. The van der Waals surface area contributed by atoms with Crippen molar-refractivity contribution in [3.63, 3.8) is 0 Å². The molecular weight excluding hydrogens is 250 g/mol. The molecule has 0 bridgehead atoms. The Labute approximate surface area is 103 Å². The number of nitrogens with zero attached hydrogens (tertiary/aromatic N) is 1. The number of aliphatic hydroxyl groups is 1. The molecule has 1 aliphatic heterocycles. The van der Waals surface area contributed by atoms with Crippen LogP contribution in [0.5, 0.6) is 0 Å². The fraction of sp³-hybridized carbons (Fsp3) is 0.600. The summed E-state index contributed by atoms with van der Waals surface area (Å²) in [5.41, 5.74) is 0. The molecule has 15 heavy (non-hydrogen) atoms. The number of thioether (sulfide) groups is 1. The summed E-state index contributed by atoms with van der Waals surface area (Å²) in [6.07, 6.45) is -0.403. The van der Waals surface area contributed by atoms with Gasteiger partial charge in [0.2, 0.25) is 0 Å². The molecule has 2 heterocycles. The Morgan fingerprint density at radius 3 is 3.00 bits per heavy atom. The van der Waals surface area contributed by atoms with Crippen LogP contribution in [0.1, 0.15) is 11.0 Å². The molecule has 0 amide bonds. The van der Waals surface area contributed by atoms with Crippen LogP contribution in [0, 0.1) is 0 Å². The van der Waals surface area contributed by atoms with E-state index in [1.165, 1.54) is 11.3 Å². The molecule has 2 atom stereocenters. The minimum absolute atomic E-state index is 0.221. The molecule has 0 radical (unpaired) electrons. The fourth-order valence-corrected chi connectivity index (χ4v) is 4.08. The zero-order chi connectivity index (χ0) is 10.8. The lowest BCUT2D eigenvalue weighted by molar-refractivity contribution is 0.0785. The first kappa shape index (κ1) is 11.7. The highest BCUT2D eigenvalue weighted by Crippen LogP contribution is 2.32. The van der Waals surface area contributed by atoms with E-state index in [9.17, 15) is 5.11 Å². The summed E-state index contributed by atoms with van der Waals surface area (Å²) in [7, 11) is 2.07. The van der Waals surface area contributed by atoms with Gasteiger partial charge in [-0.3, -0.25) is 4.90 Å². The first-order valence-electron chi connectivity index (χ1n) is 4.90. The van der Waals surface area contributed by atoms with Crippen molar-refractivity contribution in [3.8, 4) is 0 Å². The summed E-state index contributed by atoms with van der Waals surface area (Å²) >= 11 is 9.25. The maximum atomic E-state index is 10.2. The van der Waals surface area contributed by atoms with E-state index in [-0.39, 0.29) is 6.04 Å². The normalized spacial score (nSPS) is 25.4. The van der Waals surface area contributed by atoms with Gasteiger partial charge < -0.3 is 5.11 Å². The molecule has 84 valence electrons. The maximum absolute atomic E-state index is 10.2. The van der Waals surface area contributed by atoms with Crippen molar-refractivity contribution in [3.05, 3.63) is 21.3 Å². The highest BCUT2D eigenvalue weighted by atomic mass is 35.5. The van der Waals surface area contributed by atoms with E-state index in [1.807, 2.05) is 23.9 Å². The minimum Gasteiger partial charge on any atom is -0.386 e. The van der Waals surface area contributed by atoms with E-state index in [1.54, 1.807) is 0 Å². The van der Waals surface area contributed by atoms with Gasteiger partial charge in [-0.2, -0.15) is 11.8 Å². The molecule has 1 saturated heterocycles. The molecule has 1 aromatic heterocycles. The predicted octanol–water partition coefficient (Wildman–Crippen LogP) is 2.48. The fourth-order valence-electron chi connectivity index (χ4n) is 1.71. The Hall–Kier alpha value is 0.260. The van der Waals surface area contributed by atoms with E-state index in [4.69, 9.17) is 11.6 Å². The van der Waals surface area contributed by atoms with Crippen molar-refractivity contribution in [1.82, 2.24) is 4.90 Å². The molecule has 0 spiro atoms. The third kappa shape index (κ3) is 2.68. The molecular formula is C10H14ClNOS2. The highest BCUT2D eigenvalue weighted by Gasteiger charge is 2.28. The van der Waals surface area contributed by atoms with Crippen LogP contribution >= 0.6 is 34.7 Å². The summed E-state index contributed by atoms with van der Waals surface area (Å²) < 4.78 is 0.746. The predicted molar refractivity (Wildman–Crippen MR) is 68.0 cm³/mol. The molecule has 1 aromatic rings. The Morgan fingerprint density at radius 2 is 2.40 bits per heavy atom. The minimum atomic E-state index is -0.403. The molecule has 2 rings (SSSR count).